The number of nitrogens with two attached hydrogens (primary N) is 1. The predicted molar refractivity (Wildman–Crippen MR) is 73.0 cm³/mol. The second kappa shape index (κ2) is 4.75. The van der Waals surface area contributed by atoms with Crippen LogP contribution in [0.4, 0.5) is 11.5 Å². The molecular weight excluding hydrogens is 244 g/mol. The Morgan fingerprint density at radius 2 is 2.21 bits per heavy atom. The second-order valence-corrected chi connectivity index (χ2v) is 4.79. The summed E-state index contributed by atoms with van der Waals surface area (Å²) in [6.45, 7) is 5.85. The van der Waals surface area contributed by atoms with Crippen molar-refractivity contribution in [3.8, 4) is 0 Å². The molecule has 0 radical (unpaired) electrons. The summed E-state index contributed by atoms with van der Waals surface area (Å²) in [4.78, 5) is 12.1. The number of nitrogens with one attached hydrogen (secondary N) is 2. The van der Waals surface area contributed by atoms with Crippen LogP contribution < -0.4 is 11.1 Å². The lowest BCUT2D eigenvalue weighted by atomic mass is 10.1. The first-order valence-corrected chi connectivity index (χ1v) is 6.06. The van der Waals surface area contributed by atoms with Crippen molar-refractivity contribution in [2.45, 2.75) is 26.7 Å². The van der Waals surface area contributed by atoms with Gasteiger partial charge < -0.3 is 11.1 Å². The van der Waals surface area contributed by atoms with Crippen molar-refractivity contribution >= 4 is 17.4 Å². The Hall–Kier alpha value is -2.31. The van der Waals surface area contributed by atoms with Crippen LogP contribution in [0.1, 0.15) is 41.6 Å². The summed E-state index contributed by atoms with van der Waals surface area (Å²) < 4.78 is 1.47. The summed E-state index contributed by atoms with van der Waals surface area (Å²) >= 11 is 0. The monoisotopic (exact) mass is 262 g/mol. The third-order valence-corrected chi connectivity index (χ3v) is 2.94. The summed E-state index contributed by atoms with van der Waals surface area (Å²) in [6, 6.07) is 1.81. The first kappa shape index (κ1) is 13.1. The minimum absolute atomic E-state index is 0.317. The molecule has 4 N–H and O–H groups in total. The van der Waals surface area contributed by atoms with Crippen LogP contribution >= 0.6 is 0 Å². The number of carbonyl (C=O) groups is 1. The van der Waals surface area contributed by atoms with Gasteiger partial charge in [0, 0.05) is 18.8 Å². The number of H-pyrrole nitrogens is 1. The lowest BCUT2D eigenvalue weighted by Crippen LogP contribution is -2.17. The van der Waals surface area contributed by atoms with Gasteiger partial charge in [-0.05, 0) is 12.8 Å². The predicted octanol–water partition coefficient (Wildman–Crippen LogP) is 1.41. The molecule has 0 aliphatic heterocycles. The summed E-state index contributed by atoms with van der Waals surface area (Å²) in [5.41, 5.74) is 8.17. The van der Waals surface area contributed by atoms with Crippen LogP contribution in [0.3, 0.4) is 0 Å². The highest BCUT2D eigenvalue weighted by Crippen LogP contribution is 2.18. The lowest BCUT2D eigenvalue weighted by molar-refractivity contribution is 0.101. The number of amides is 1. The first-order valence-electron chi connectivity index (χ1n) is 6.06. The van der Waals surface area contributed by atoms with Gasteiger partial charge in [0.2, 0.25) is 0 Å². The molecule has 2 aromatic heterocycles. The Kier molecular flexibility index (Phi) is 3.28. The maximum atomic E-state index is 12.1. The van der Waals surface area contributed by atoms with Crippen LogP contribution in [-0.4, -0.2) is 25.9 Å². The fraction of sp³-hybridized carbons (Fsp3) is 0.417. The zero-order valence-electron chi connectivity index (χ0n) is 11.5. The lowest BCUT2D eigenvalue weighted by Gasteiger charge is -2.03. The van der Waals surface area contributed by atoms with E-state index in [4.69, 9.17) is 5.73 Å². The molecule has 7 heteroatoms. The molecule has 1 amide bonds. The summed E-state index contributed by atoms with van der Waals surface area (Å²) in [5.74, 6) is 0.483. The minimum atomic E-state index is -0.317. The molecule has 0 fully saturated rings. The molecule has 19 heavy (non-hydrogen) atoms. The van der Waals surface area contributed by atoms with Gasteiger partial charge in [-0.3, -0.25) is 14.6 Å². The van der Waals surface area contributed by atoms with Gasteiger partial charge in [-0.2, -0.15) is 10.2 Å². The molecule has 0 spiro atoms. The van der Waals surface area contributed by atoms with Crippen LogP contribution in [0.25, 0.3) is 0 Å². The number of nitrogen functional groups attached to an aromatic ring is 1. The van der Waals surface area contributed by atoms with E-state index in [-0.39, 0.29) is 5.91 Å². The maximum absolute atomic E-state index is 12.1. The van der Waals surface area contributed by atoms with Gasteiger partial charge in [-0.15, -0.1) is 0 Å². The topological polar surface area (TPSA) is 102 Å². The summed E-state index contributed by atoms with van der Waals surface area (Å²) in [7, 11) is 1.68. The zero-order valence-corrected chi connectivity index (χ0v) is 11.5. The summed E-state index contributed by atoms with van der Waals surface area (Å²) in [5, 5.41) is 13.7. The van der Waals surface area contributed by atoms with Gasteiger partial charge in [0.25, 0.3) is 5.91 Å². The van der Waals surface area contributed by atoms with E-state index < -0.39 is 0 Å². The van der Waals surface area contributed by atoms with Crippen LogP contribution in [0.5, 0.6) is 0 Å². The molecule has 0 saturated heterocycles. The van der Waals surface area contributed by atoms with Crippen molar-refractivity contribution in [3.63, 3.8) is 0 Å². The molecule has 2 aromatic rings. The largest absolute Gasteiger partial charge is 0.395 e. The number of carbonyl (C=O) groups excluding carboxylic acids is 1. The quantitative estimate of drug-likeness (QED) is 0.778. The SMILES string of the molecule is Cc1nn(C)c(C(=O)Nc2cc(C(C)C)[nH]n2)c1N. The number of rotatable bonds is 3. The van der Waals surface area contributed by atoms with E-state index in [1.54, 1.807) is 14.0 Å². The average Bonchev–Trinajstić information content (AvgIpc) is 2.85. The smallest absolute Gasteiger partial charge is 0.277 e. The average molecular weight is 262 g/mol. The molecular formula is C12H18N6O. The Labute approximate surface area is 111 Å². The molecule has 2 rings (SSSR count). The molecule has 0 unspecified atom stereocenters. The van der Waals surface area contributed by atoms with Gasteiger partial charge >= 0.3 is 0 Å². The molecule has 0 bridgehead atoms. The number of anilines is 2. The Balaban J connectivity index is 2.21. The number of hydrogen-bond acceptors (Lipinski definition) is 4. The van der Waals surface area contributed by atoms with Crippen LogP contribution in [0, 0.1) is 6.92 Å². The first-order chi connectivity index (χ1) is 8.90. The van der Waals surface area contributed by atoms with Crippen molar-refractivity contribution in [2.24, 2.45) is 7.05 Å². The third-order valence-electron chi connectivity index (χ3n) is 2.94. The molecule has 0 aromatic carbocycles. The van der Waals surface area contributed by atoms with Gasteiger partial charge in [-0.25, -0.2) is 0 Å². The number of aromatic nitrogens is 4. The van der Waals surface area contributed by atoms with Crippen LogP contribution in [-0.2, 0) is 7.05 Å². The van der Waals surface area contributed by atoms with Gasteiger partial charge in [0.05, 0.1) is 11.4 Å². The molecule has 0 aliphatic carbocycles. The molecule has 0 saturated carbocycles. The van der Waals surface area contributed by atoms with Gasteiger partial charge in [0.1, 0.15) is 5.69 Å². The highest BCUT2D eigenvalue weighted by atomic mass is 16.2. The van der Waals surface area contributed by atoms with Crippen molar-refractivity contribution in [3.05, 3.63) is 23.1 Å². The van der Waals surface area contributed by atoms with Crippen molar-refractivity contribution < 1.29 is 4.79 Å². The van der Waals surface area contributed by atoms with Gasteiger partial charge in [-0.1, -0.05) is 13.8 Å². The van der Waals surface area contributed by atoms with E-state index in [0.717, 1.165) is 5.69 Å². The van der Waals surface area contributed by atoms with E-state index in [1.165, 1.54) is 4.68 Å². The van der Waals surface area contributed by atoms with E-state index in [1.807, 2.05) is 19.9 Å². The van der Waals surface area contributed by atoms with E-state index in [0.29, 0.717) is 28.8 Å². The standard InChI is InChI=1S/C12H18N6O/c1-6(2)8-5-9(16-15-8)14-12(19)11-10(13)7(3)17-18(11)4/h5-6H,13H2,1-4H3,(H2,14,15,16,19). The molecule has 2 heterocycles. The van der Waals surface area contributed by atoms with E-state index >= 15 is 0 Å². The number of aromatic amines is 1. The zero-order chi connectivity index (χ0) is 14.2. The normalized spacial score (nSPS) is 11.0. The van der Waals surface area contributed by atoms with Gasteiger partial charge in [0.15, 0.2) is 5.82 Å². The Morgan fingerprint density at radius 3 is 2.68 bits per heavy atom. The number of aryl methyl sites for hydroxylation is 2. The molecule has 7 nitrogen and oxygen atoms in total. The number of hydrogen-bond donors (Lipinski definition) is 3. The second-order valence-electron chi connectivity index (χ2n) is 4.79. The number of nitrogens with zero attached hydrogens (tertiary/aromatic N) is 3. The Bertz CT molecular complexity index is 610. The van der Waals surface area contributed by atoms with E-state index in [9.17, 15) is 4.79 Å². The maximum Gasteiger partial charge on any atom is 0.277 e. The Morgan fingerprint density at radius 1 is 1.53 bits per heavy atom. The molecule has 102 valence electrons. The van der Waals surface area contributed by atoms with Crippen molar-refractivity contribution in [1.82, 2.24) is 20.0 Å². The minimum Gasteiger partial charge on any atom is -0.395 e. The summed E-state index contributed by atoms with van der Waals surface area (Å²) in [6.07, 6.45) is 0. The van der Waals surface area contributed by atoms with Crippen molar-refractivity contribution in [2.75, 3.05) is 11.1 Å². The fourth-order valence-corrected chi connectivity index (χ4v) is 1.82. The van der Waals surface area contributed by atoms with Crippen LogP contribution in [0.2, 0.25) is 0 Å². The van der Waals surface area contributed by atoms with Crippen LogP contribution in [0.15, 0.2) is 6.07 Å². The van der Waals surface area contributed by atoms with Crippen molar-refractivity contribution in [1.29, 1.82) is 0 Å². The third kappa shape index (κ3) is 2.44. The highest BCUT2D eigenvalue weighted by molar-refractivity contribution is 6.06. The highest BCUT2D eigenvalue weighted by Gasteiger charge is 2.19. The molecule has 0 atom stereocenters. The van der Waals surface area contributed by atoms with E-state index in [2.05, 4.69) is 20.6 Å². The molecule has 0 aliphatic rings. The fourth-order valence-electron chi connectivity index (χ4n) is 1.82.